The maximum absolute atomic E-state index is 13.3. The molecule has 0 radical (unpaired) electrons. The number of halogens is 3. The van der Waals surface area contributed by atoms with Gasteiger partial charge in [-0.3, -0.25) is 0 Å². The molecule has 0 saturated carbocycles. The van der Waals surface area contributed by atoms with E-state index < -0.39 is 17.5 Å². The van der Waals surface area contributed by atoms with E-state index in [9.17, 15) is 13.2 Å². The molecule has 0 fully saturated rings. The molecule has 0 unspecified atom stereocenters. The summed E-state index contributed by atoms with van der Waals surface area (Å²) < 4.78 is 38.9. The van der Waals surface area contributed by atoms with Crippen molar-refractivity contribution in [1.82, 2.24) is 0 Å². The molecule has 0 N–H and O–H groups in total. The summed E-state index contributed by atoms with van der Waals surface area (Å²) in [5.74, 6) is -2.06. The minimum absolute atomic E-state index is 0.0644. The first-order valence-corrected chi connectivity index (χ1v) is 4.39. The summed E-state index contributed by atoms with van der Waals surface area (Å²) >= 11 is 0. The Morgan fingerprint density at radius 3 is 2.33 bits per heavy atom. The Labute approximate surface area is 85.6 Å². The fourth-order valence-electron chi connectivity index (χ4n) is 1.37. The molecular weight excluding hydrogens is 200 g/mol. The predicted molar refractivity (Wildman–Crippen MR) is 53.1 cm³/mol. The molecular formula is C11H6BF3. The van der Waals surface area contributed by atoms with Gasteiger partial charge in [-0.25, -0.2) is 0 Å². The zero-order chi connectivity index (χ0) is 10.8. The van der Waals surface area contributed by atoms with Crippen molar-refractivity contribution in [2.75, 3.05) is 0 Å². The van der Waals surface area contributed by atoms with Crippen LogP contribution in [0.15, 0.2) is 36.3 Å². The molecule has 0 spiro atoms. The Morgan fingerprint density at radius 1 is 0.867 bits per heavy atom. The second-order valence-corrected chi connectivity index (χ2v) is 3.09. The van der Waals surface area contributed by atoms with E-state index in [4.69, 9.17) is 0 Å². The van der Waals surface area contributed by atoms with Gasteiger partial charge in [0.1, 0.15) is 0 Å². The van der Waals surface area contributed by atoms with E-state index in [1.165, 1.54) is 6.07 Å². The third-order valence-corrected chi connectivity index (χ3v) is 2.12. The summed E-state index contributed by atoms with van der Waals surface area (Å²) in [5.41, 5.74) is 0.586. The molecule has 2 aromatic rings. The van der Waals surface area contributed by atoms with Gasteiger partial charge in [-0.15, -0.1) is 0 Å². The van der Waals surface area contributed by atoms with Crippen molar-refractivity contribution in [3.63, 3.8) is 0 Å². The molecule has 4 heteroatoms. The maximum atomic E-state index is 13.3. The molecule has 1 aromatic heterocycles. The normalized spacial score (nSPS) is 10.1. The van der Waals surface area contributed by atoms with Crippen LogP contribution in [0.1, 0.15) is 0 Å². The first kappa shape index (κ1) is 9.96. The van der Waals surface area contributed by atoms with Crippen LogP contribution < -0.4 is 0 Å². The third-order valence-electron chi connectivity index (χ3n) is 2.12. The monoisotopic (exact) mass is 206 g/mol. The predicted octanol–water partition coefficient (Wildman–Crippen LogP) is 3.11. The Bertz CT molecular complexity index is 483. The van der Waals surface area contributed by atoms with Gasteiger partial charge >= 0.3 is 84.8 Å². The topological polar surface area (TPSA) is 0 Å². The van der Waals surface area contributed by atoms with E-state index in [0.717, 1.165) is 6.07 Å². The molecule has 15 heavy (non-hydrogen) atoms. The van der Waals surface area contributed by atoms with Crippen molar-refractivity contribution >= 4 is 6.91 Å². The third kappa shape index (κ3) is 1.80. The van der Waals surface area contributed by atoms with E-state index in [-0.39, 0.29) is 5.56 Å². The second kappa shape index (κ2) is 3.89. The van der Waals surface area contributed by atoms with Gasteiger partial charge in [-0.05, 0) is 0 Å². The van der Waals surface area contributed by atoms with Crippen LogP contribution in [0.2, 0.25) is 0 Å². The summed E-state index contributed by atoms with van der Waals surface area (Å²) in [5, 5.41) is 0. The summed E-state index contributed by atoms with van der Waals surface area (Å²) in [6.07, 6.45) is 0. The molecule has 0 amide bonds. The number of hydrogen-bond acceptors (Lipinski definition) is 0. The summed E-state index contributed by atoms with van der Waals surface area (Å²) in [6.45, 7) is 1.63. The molecule has 0 nitrogen and oxygen atoms in total. The van der Waals surface area contributed by atoms with E-state index >= 15 is 0 Å². The van der Waals surface area contributed by atoms with Crippen LogP contribution in [0.3, 0.4) is 0 Å². The Morgan fingerprint density at radius 2 is 1.67 bits per heavy atom. The summed E-state index contributed by atoms with van der Waals surface area (Å²) in [6, 6.07) is 7.25. The van der Waals surface area contributed by atoms with Crippen LogP contribution in [0.4, 0.5) is 13.2 Å². The summed E-state index contributed by atoms with van der Waals surface area (Å²) in [4.78, 5) is 0. The number of benzene rings is 1. The average molecular weight is 206 g/mol. The van der Waals surface area contributed by atoms with Crippen LogP contribution in [0, 0.1) is 17.5 Å². The first-order chi connectivity index (χ1) is 7.20. The molecule has 2 rings (SSSR count). The second-order valence-electron chi connectivity index (χ2n) is 3.09. The van der Waals surface area contributed by atoms with Crippen LogP contribution in [0.25, 0.3) is 11.0 Å². The molecule has 1 aromatic carbocycles. The van der Waals surface area contributed by atoms with E-state index in [2.05, 4.69) is 0 Å². The van der Waals surface area contributed by atoms with Gasteiger partial charge in [0.2, 0.25) is 0 Å². The zero-order valence-electron chi connectivity index (χ0n) is 7.68. The van der Waals surface area contributed by atoms with Crippen molar-refractivity contribution < 1.29 is 13.2 Å². The van der Waals surface area contributed by atoms with E-state index in [0.29, 0.717) is 5.46 Å². The standard InChI is InChI=1S/C11H6BF3/c13-9-5-4-7(10(14)11(9)15)8-3-1-2-6-12-8/h1-6H. The molecule has 0 aliphatic carbocycles. The van der Waals surface area contributed by atoms with Crippen molar-refractivity contribution in [1.29, 1.82) is 0 Å². The van der Waals surface area contributed by atoms with Crippen molar-refractivity contribution in [2.45, 2.75) is 0 Å². The van der Waals surface area contributed by atoms with Crippen LogP contribution in [-0.4, -0.2) is 6.91 Å². The average Bonchev–Trinajstić information content (AvgIpc) is 2.27. The van der Waals surface area contributed by atoms with Gasteiger partial charge in [0.15, 0.2) is 0 Å². The van der Waals surface area contributed by atoms with E-state index in [1.54, 1.807) is 31.1 Å². The number of hydrogen-bond donors (Lipinski definition) is 0. The zero-order valence-corrected chi connectivity index (χ0v) is 7.68. The molecule has 0 saturated heterocycles. The number of rotatable bonds is 1. The molecule has 1 heterocycles. The first-order valence-electron chi connectivity index (χ1n) is 4.39. The quantitative estimate of drug-likeness (QED) is 0.628. The van der Waals surface area contributed by atoms with Crippen molar-refractivity contribution in [3.05, 3.63) is 53.7 Å². The van der Waals surface area contributed by atoms with Crippen molar-refractivity contribution in [3.8, 4) is 11.0 Å². The van der Waals surface area contributed by atoms with Crippen molar-refractivity contribution in [2.24, 2.45) is 0 Å². The van der Waals surface area contributed by atoms with E-state index in [1.807, 2.05) is 0 Å². The minimum atomic E-state index is -1.43. The van der Waals surface area contributed by atoms with Gasteiger partial charge in [0.05, 0.1) is 0 Å². The van der Waals surface area contributed by atoms with Crippen LogP contribution in [-0.2, 0) is 0 Å². The SMILES string of the molecule is Fc1ccc(-c2bcccc2)c(F)c1F. The van der Waals surface area contributed by atoms with Crippen LogP contribution >= 0.6 is 0 Å². The Hall–Kier alpha value is -1.58. The Kier molecular flexibility index (Phi) is 2.58. The molecule has 74 valence electrons. The molecule has 0 aliphatic heterocycles. The van der Waals surface area contributed by atoms with Gasteiger partial charge < -0.3 is 0 Å². The van der Waals surface area contributed by atoms with Gasteiger partial charge in [-0.1, -0.05) is 0 Å². The fraction of sp³-hybridized carbons (Fsp3) is 0. The molecule has 0 bridgehead atoms. The van der Waals surface area contributed by atoms with Crippen LogP contribution in [0.5, 0.6) is 0 Å². The van der Waals surface area contributed by atoms with Gasteiger partial charge in [-0.2, -0.15) is 0 Å². The Balaban J connectivity index is 2.60. The molecule has 0 atom stereocenters. The molecule has 0 aliphatic rings. The summed E-state index contributed by atoms with van der Waals surface area (Å²) in [7, 11) is 0. The fourth-order valence-corrected chi connectivity index (χ4v) is 1.37. The van der Waals surface area contributed by atoms with Gasteiger partial charge in [0, 0.05) is 0 Å². The van der Waals surface area contributed by atoms with Gasteiger partial charge in [0.25, 0.3) is 0 Å².